The minimum Gasteiger partial charge on any atom is -0.390 e. The highest BCUT2D eigenvalue weighted by Crippen LogP contribution is 2.16. The Labute approximate surface area is 143 Å². The number of aliphatic hydroxyl groups excluding tert-OH is 1. The van der Waals surface area contributed by atoms with Crippen molar-refractivity contribution in [1.82, 2.24) is 15.5 Å². The van der Waals surface area contributed by atoms with Crippen molar-refractivity contribution in [3.05, 3.63) is 40.0 Å². The minimum absolute atomic E-state index is 0.0396. The van der Waals surface area contributed by atoms with E-state index >= 15 is 0 Å². The zero-order valence-electron chi connectivity index (χ0n) is 13.0. The molecular weight excluding hydrogens is 362 g/mol. The van der Waals surface area contributed by atoms with Crippen LogP contribution in [0.2, 0.25) is 0 Å². The molecule has 7 heteroatoms. The molecule has 1 aliphatic rings. The van der Waals surface area contributed by atoms with Crippen LogP contribution in [0.5, 0.6) is 0 Å². The molecule has 6 nitrogen and oxygen atoms in total. The number of nitrogens with zero attached hydrogens (tertiary/aromatic N) is 1. The highest BCUT2D eigenvalue weighted by molar-refractivity contribution is 9.10. The average molecular weight is 382 g/mol. The summed E-state index contributed by atoms with van der Waals surface area (Å²) >= 11 is 3.34. The summed E-state index contributed by atoms with van der Waals surface area (Å²) in [5.74, 6) is -0.429. The van der Waals surface area contributed by atoms with Gasteiger partial charge >= 0.3 is 6.03 Å². The number of imide groups is 1. The number of urea groups is 1. The SMILES string of the molecule is CC(C)NCC(O)CN1C(=O)N/C(=C\c2ccc(Br)cc2)C1=O. The van der Waals surface area contributed by atoms with Gasteiger partial charge in [0.15, 0.2) is 0 Å². The first-order chi connectivity index (χ1) is 10.9. The number of benzene rings is 1. The van der Waals surface area contributed by atoms with Gasteiger partial charge in [-0.2, -0.15) is 0 Å². The van der Waals surface area contributed by atoms with Crippen molar-refractivity contribution in [2.45, 2.75) is 26.0 Å². The Morgan fingerprint density at radius 1 is 1.30 bits per heavy atom. The molecule has 1 aliphatic heterocycles. The number of hydrogen-bond acceptors (Lipinski definition) is 4. The van der Waals surface area contributed by atoms with Crippen molar-refractivity contribution in [2.24, 2.45) is 0 Å². The van der Waals surface area contributed by atoms with Crippen molar-refractivity contribution < 1.29 is 14.7 Å². The average Bonchev–Trinajstić information content (AvgIpc) is 2.75. The van der Waals surface area contributed by atoms with E-state index in [2.05, 4.69) is 26.6 Å². The third-order valence-corrected chi connectivity index (χ3v) is 3.83. The van der Waals surface area contributed by atoms with E-state index in [0.717, 1.165) is 14.9 Å². The molecule has 1 atom stereocenters. The van der Waals surface area contributed by atoms with Crippen LogP contribution in [0.25, 0.3) is 6.08 Å². The van der Waals surface area contributed by atoms with Gasteiger partial charge in [0, 0.05) is 17.1 Å². The summed E-state index contributed by atoms with van der Waals surface area (Å²) in [6, 6.07) is 7.09. The number of carbonyl (C=O) groups excluding carboxylic acids is 2. The van der Waals surface area contributed by atoms with Gasteiger partial charge in [0.1, 0.15) is 5.70 Å². The van der Waals surface area contributed by atoms with Crippen LogP contribution in [0.4, 0.5) is 4.79 Å². The summed E-state index contributed by atoms with van der Waals surface area (Å²) in [5.41, 5.74) is 1.02. The van der Waals surface area contributed by atoms with Crippen LogP contribution in [-0.2, 0) is 4.79 Å². The molecule has 0 saturated carbocycles. The molecule has 0 aliphatic carbocycles. The van der Waals surface area contributed by atoms with E-state index in [1.807, 2.05) is 38.1 Å². The molecule has 1 fully saturated rings. The molecule has 0 aromatic heterocycles. The molecule has 124 valence electrons. The number of aliphatic hydroxyl groups is 1. The maximum atomic E-state index is 12.3. The first-order valence-electron chi connectivity index (χ1n) is 7.38. The number of hydrogen-bond donors (Lipinski definition) is 3. The van der Waals surface area contributed by atoms with E-state index in [-0.39, 0.29) is 18.3 Å². The van der Waals surface area contributed by atoms with Crippen LogP contribution in [-0.4, -0.2) is 47.2 Å². The lowest BCUT2D eigenvalue weighted by Gasteiger charge is -2.18. The molecule has 0 spiro atoms. The van der Waals surface area contributed by atoms with Gasteiger partial charge in [-0.25, -0.2) is 4.79 Å². The van der Waals surface area contributed by atoms with Crippen molar-refractivity contribution >= 4 is 33.9 Å². The molecule has 1 saturated heterocycles. The summed E-state index contributed by atoms with van der Waals surface area (Å²) in [6.07, 6.45) is 0.810. The van der Waals surface area contributed by atoms with E-state index in [1.165, 1.54) is 0 Å². The van der Waals surface area contributed by atoms with E-state index in [4.69, 9.17) is 0 Å². The van der Waals surface area contributed by atoms with Crippen molar-refractivity contribution in [3.8, 4) is 0 Å². The van der Waals surface area contributed by atoms with E-state index in [1.54, 1.807) is 6.08 Å². The van der Waals surface area contributed by atoms with Gasteiger partial charge in [-0.05, 0) is 23.8 Å². The smallest absolute Gasteiger partial charge is 0.329 e. The highest BCUT2D eigenvalue weighted by atomic mass is 79.9. The Kier molecular flexibility index (Phi) is 5.92. The largest absolute Gasteiger partial charge is 0.390 e. The fraction of sp³-hybridized carbons (Fsp3) is 0.375. The standard InChI is InChI=1S/C16H20BrN3O3/c1-10(2)18-8-13(21)9-20-15(22)14(19-16(20)23)7-11-3-5-12(17)6-4-11/h3-7,10,13,18,21H,8-9H2,1-2H3,(H,19,23)/b14-7-. The Balaban J connectivity index is 2.03. The lowest BCUT2D eigenvalue weighted by atomic mass is 10.2. The van der Waals surface area contributed by atoms with E-state index in [0.29, 0.717) is 6.54 Å². The molecule has 23 heavy (non-hydrogen) atoms. The summed E-state index contributed by atoms with van der Waals surface area (Å²) in [4.78, 5) is 25.2. The monoisotopic (exact) mass is 381 g/mol. The minimum atomic E-state index is -0.806. The summed E-state index contributed by atoms with van der Waals surface area (Å²) < 4.78 is 0.934. The number of carbonyl (C=O) groups is 2. The van der Waals surface area contributed by atoms with E-state index in [9.17, 15) is 14.7 Å². The summed E-state index contributed by atoms with van der Waals surface area (Å²) in [6.45, 7) is 4.20. The molecule has 1 aromatic carbocycles. The van der Waals surface area contributed by atoms with Gasteiger partial charge in [-0.15, -0.1) is 0 Å². The fourth-order valence-corrected chi connectivity index (χ4v) is 2.37. The maximum Gasteiger partial charge on any atom is 0.329 e. The lowest BCUT2D eigenvalue weighted by Crippen LogP contribution is -2.42. The van der Waals surface area contributed by atoms with Crippen LogP contribution in [0, 0.1) is 0 Å². The van der Waals surface area contributed by atoms with Crippen molar-refractivity contribution in [1.29, 1.82) is 0 Å². The number of rotatable bonds is 6. The molecule has 1 unspecified atom stereocenters. The normalized spacial score (nSPS) is 18.0. The topological polar surface area (TPSA) is 81.7 Å². The predicted molar refractivity (Wildman–Crippen MR) is 91.5 cm³/mol. The Morgan fingerprint density at radius 2 is 1.96 bits per heavy atom. The number of nitrogens with one attached hydrogen (secondary N) is 2. The zero-order valence-corrected chi connectivity index (χ0v) is 14.6. The quantitative estimate of drug-likeness (QED) is 0.517. The molecule has 0 bridgehead atoms. The van der Waals surface area contributed by atoms with Gasteiger partial charge in [-0.3, -0.25) is 9.69 Å². The third-order valence-electron chi connectivity index (χ3n) is 3.30. The van der Waals surface area contributed by atoms with Crippen LogP contribution in [0.15, 0.2) is 34.4 Å². The third kappa shape index (κ3) is 4.89. The first-order valence-corrected chi connectivity index (χ1v) is 8.17. The molecule has 1 heterocycles. The first kappa shape index (κ1) is 17.7. The maximum absolute atomic E-state index is 12.3. The van der Waals surface area contributed by atoms with Gasteiger partial charge in [0.25, 0.3) is 5.91 Å². The van der Waals surface area contributed by atoms with Crippen LogP contribution in [0.3, 0.4) is 0 Å². The second kappa shape index (κ2) is 7.72. The van der Waals surface area contributed by atoms with Gasteiger partial charge < -0.3 is 15.7 Å². The molecule has 3 amide bonds. The van der Waals surface area contributed by atoms with Gasteiger partial charge in [0.2, 0.25) is 0 Å². The fourth-order valence-electron chi connectivity index (χ4n) is 2.11. The molecule has 0 radical (unpaired) electrons. The molecule has 1 aromatic rings. The number of β-amino-alcohol motifs (C(OH)–C–C–N with tert-alkyl or cyclic N) is 1. The Morgan fingerprint density at radius 3 is 2.57 bits per heavy atom. The van der Waals surface area contributed by atoms with Crippen LogP contribution >= 0.6 is 15.9 Å². The molecular formula is C16H20BrN3O3. The molecule has 3 N–H and O–H groups in total. The number of amides is 3. The van der Waals surface area contributed by atoms with E-state index < -0.39 is 18.0 Å². The second-order valence-electron chi connectivity index (χ2n) is 5.67. The summed E-state index contributed by atoms with van der Waals surface area (Å²) in [5, 5.41) is 15.5. The Bertz CT molecular complexity index is 614. The molecule has 2 rings (SSSR count). The van der Waals surface area contributed by atoms with Crippen LogP contribution < -0.4 is 10.6 Å². The number of halogens is 1. The van der Waals surface area contributed by atoms with Crippen molar-refractivity contribution in [2.75, 3.05) is 13.1 Å². The zero-order chi connectivity index (χ0) is 17.0. The van der Waals surface area contributed by atoms with Gasteiger partial charge in [-0.1, -0.05) is 41.9 Å². The predicted octanol–water partition coefficient (Wildman–Crippen LogP) is 1.70. The second-order valence-corrected chi connectivity index (χ2v) is 6.59. The van der Waals surface area contributed by atoms with Gasteiger partial charge in [0.05, 0.1) is 12.6 Å². The summed E-state index contributed by atoms with van der Waals surface area (Å²) in [7, 11) is 0. The van der Waals surface area contributed by atoms with Crippen molar-refractivity contribution in [3.63, 3.8) is 0 Å². The highest BCUT2D eigenvalue weighted by Gasteiger charge is 2.34. The van der Waals surface area contributed by atoms with Crippen LogP contribution in [0.1, 0.15) is 19.4 Å². The lowest BCUT2D eigenvalue weighted by molar-refractivity contribution is -0.123. The Hall–Kier alpha value is -1.70.